The maximum Gasteiger partial charge on any atom is 0.309 e. The van der Waals surface area contributed by atoms with Crippen molar-refractivity contribution in [2.75, 3.05) is 0 Å². The Bertz CT molecular complexity index is 1390. The van der Waals surface area contributed by atoms with Crippen LogP contribution in [0.3, 0.4) is 0 Å². The van der Waals surface area contributed by atoms with E-state index in [-0.39, 0.29) is 30.0 Å². The molecule has 4 aromatic rings. The molecule has 2 atom stereocenters. The molecule has 0 saturated carbocycles. The van der Waals surface area contributed by atoms with Gasteiger partial charge in [0.2, 0.25) is 0 Å². The average Bonchev–Trinajstić information content (AvgIpc) is 2.82. The number of carboxylic acids is 1. The van der Waals surface area contributed by atoms with Gasteiger partial charge in [-0.15, -0.1) is 5.10 Å². The lowest BCUT2D eigenvalue weighted by molar-refractivity contribution is -0.146. The molecule has 10 heteroatoms. The summed E-state index contributed by atoms with van der Waals surface area (Å²) in [6, 6.07) is 15.3. The first-order valence-electron chi connectivity index (χ1n) is 10.3. The number of nitrogens with zero attached hydrogens (tertiary/aromatic N) is 3. The standard InChI is InChI=1S/C24H19F2N3O5/c25-15-7-10-21(19(26)13-15)34-16-8-5-14(6-9-16)22(30)18(24(32)33)11-12-29-23(31)17-3-1-2-4-20(17)27-28-29/h1-10,13,18,22,30H,11-12H2,(H,32,33)/t18-,22?/m0/s1. The van der Waals surface area contributed by atoms with Crippen LogP contribution in [0.1, 0.15) is 18.1 Å². The third-order valence-corrected chi connectivity index (χ3v) is 5.32. The van der Waals surface area contributed by atoms with Crippen molar-refractivity contribution in [3.8, 4) is 11.5 Å². The monoisotopic (exact) mass is 467 g/mol. The van der Waals surface area contributed by atoms with Gasteiger partial charge < -0.3 is 14.9 Å². The molecular formula is C24H19F2N3O5. The molecular weight excluding hydrogens is 448 g/mol. The molecule has 34 heavy (non-hydrogen) atoms. The van der Waals surface area contributed by atoms with Gasteiger partial charge in [0.05, 0.1) is 17.4 Å². The summed E-state index contributed by atoms with van der Waals surface area (Å²) in [6.07, 6.45) is -1.47. The quantitative estimate of drug-likeness (QED) is 0.406. The van der Waals surface area contributed by atoms with E-state index in [9.17, 15) is 28.6 Å². The minimum absolute atomic E-state index is 0.0598. The SMILES string of the molecule is O=C(O)[C@@H](CCn1nnc2ccccc2c1=O)C(O)c1ccc(Oc2ccc(F)cc2F)cc1. The number of ether oxygens (including phenoxy) is 1. The van der Waals surface area contributed by atoms with Crippen molar-refractivity contribution >= 4 is 16.9 Å². The van der Waals surface area contributed by atoms with Crippen molar-refractivity contribution in [1.29, 1.82) is 0 Å². The van der Waals surface area contributed by atoms with Crippen molar-refractivity contribution < 1.29 is 28.5 Å². The van der Waals surface area contributed by atoms with Crippen LogP contribution in [0.2, 0.25) is 0 Å². The first kappa shape index (κ1) is 23.0. The molecule has 0 radical (unpaired) electrons. The maximum absolute atomic E-state index is 13.8. The van der Waals surface area contributed by atoms with Crippen LogP contribution >= 0.6 is 0 Å². The third-order valence-electron chi connectivity index (χ3n) is 5.32. The fraction of sp³-hybridized carbons (Fsp3) is 0.167. The van der Waals surface area contributed by atoms with E-state index >= 15 is 0 Å². The summed E-state index contributed by atoms with van der Waals surface area (Å²) in [7, 11) is 0. The second-order valence-electron chi connectivity index (χ2n) is 7.56. The first-order valence-corrected chi connectivity index (χ1v) is 10.3. The van der Waals surface area contributed by atoms with Crippen molar-refractivity contribution in [3.05, 3.63) is 94.3 Å². The molecule has 3 aromatic carbocycles. The van der Waals surface area contributed by atoms with Gasteiger partial charge in [0.1, 0.15) is 17.1 Å². The second kappa shape index (κ2) is 9.75. The highest BCUT2D eigenvalue weighted by Gasteiger charge is 2.28. The predicted octanol–water partition coefficient (Wildman–Crippen LogP) is 3.69. The molecule has 0 bridgehead atoms. The van der Waals surface area contributed by atoms with E-state index < -0.39 is 35.2 Å². The zero-order chi connectivity index (χ0) is 24.2. The molecule has 0 aliphatic carbocycles. The fourth-order valence-electron chi connectivity index (χ4n) is 3.50. The number of benzene rings is 3. The Balaban J connectivity index is 1.47. The highest BCUT2D eigenvalue weighted by Crippen LogP contribution is 2.29. The number of hydrogen-bond acceptors (Lipinski definition) is 6. The summed E-state index contributed by atoms with van der Waals surface area (Å²) in [5.74, 6) is -4.06. The number of halogens is 2. The van der Waals surface area contributed by atoms with E-state index in [0.717, 1.165) is 16.8 Å². The van der Waals surface area contributed by atoms with Crippen LogP contribution in [0.25, 0.3) is 10.9 Å². The Hall–Kier alpha value is -4.18. The molecule has 174 valence electrons. The molecule has 0 saturated heterocycles. The summed E-state index contributed by atoms with van der Waals surface area (Å²) in [4.78, 5) is 24.4. The maximum atomic E-state index is 13.8. The molecule has 2 N–H and O–H groups in total. The normalized spacial score (nSPS) is 12.9. The Labute approximate surface area is 191 Å². The molecule has 1 aromatic heterocycles. The average molecular weight is 467 g/mol. The van der Waals surface area contributed by atoms with Gasteiger partial charge in [-0.1, -0.05) is 29.5 Å². The van der Waals surface area contributed by atoms with Crippen LogP contribution in [0.4, 0.5) is 8.78 Å². The van der Waals surface area contributed by atoms with Gasteiger partial charge in [-0.05, 0) is 48.4 Å². The van der Waals surface area contributed by atoms with Gasteiger partial charge in [0.25, 0.3) is 5.56 Å². The van der Waals surface area contributed by atoms with Crippen LogP contribution in [0, 0.1) is 17.6 Å². The van der Waals surface area contributed by atoms with Crippen LogP contribution in [0.5, 0.6) is 11.5 Å². The van der Waals surface area contributed by atoms with E-state index in [1.807, 2.05) is 0 Å². The third kappa shape index (κ3) is 4.91. The summed E-state index contributed by atoms with van der Waals surface area (Å²) in [6.45, 7) is -0.0598. The van der Waals surface area contributed by atoms with E-state index in [2.05, 4.69) is 10.3 Å². The summed E-state index contributed by atoms with van der Waals surface area (Å²) >= 11 is 0. The highest BCUT2D eigenvalue weighted by atomic mass is 19.1. The second-order valence-corrected chi connectivity index (χ2v) is 7.56. The molecule has 0 aliphatic rings. The largest absolute Gasteiger partial charge is 0.481 e. The lowest BCUT2D eigenvalue weighted by atomic mass is 9.93. The lowest BCUT2D eigenvalue weighted by Gasteiger charge is -2.20. The number of aliphatic carboxylic acids is 1. The molecule has 0 spiro atoms. The van der Waals surface area contributed by atoms with Crippen LogP contribution in [0.15, 0.2) is 71.5 Å². The molecule has 1 heterocycles. The van der Waals surface area contributed by atoms with Crippen molar-refractivity contribution in [2.24, 2.45) is 5.92 Å². The molecule has 1 unspecified atom stereocenters. The summed E-state index contributed by atoms with van der Waals surface area (Å²) < 4.78 is 33.2. The number of aliphatic hydroxyl groups excluding tert-OH is 1. The van der Waals surface area contributed by atoms with E-state index in [4.69, 9.17) is 4.74 Å². The smallest absolute Gasteiger partial charge is 0.309 e. The highest BCUT2D eigenvalue weighted by molar-refractivity contribution is 5.76. The Morgan fingerprint density at radius 2 is 1.79 bits per heavy atom. The minimum Gasteiger partial charge on any atom is -0.481 e. The van der Waals surface area contributed by atoms with Gasteiger partial charge in [0.15, 0.2) is 11.6 Å². The van der Waals surface area contributed by atoms with Crippen LogP contribution < -0.4 is 10.3 Å². The topological polar surface area (TPSA) is 115 Å². The van der Waals surface area contributed by atoms with Crippen molar-refractivity contribution in [3.63, 3.8) is 0 Å². The van der Waals surface area contributed by atoms with E-state index in [1.54, 1.807) is 24.3 Å². The number of fused-ring (bicyclic) bond motifs is 1. The van der Waals surface area contributed by atoms with Crippen molar-refractivity contribution in [2.45, 2.75) is 19.1 Å². The predicted molar refractivity (Wildman–Crippen MR) is 117 cm³/mol. The number of carboxylic acid groups (broad SMARTS) is 1. The zero-order valence-electron chi connectivity index (χ0n) is 17.6. The molecule has 0 amide bonds. The number of aryl methyl sites for hydroxylation is 1. The summed E-state index contributed by atoms with van der Waals surface area (Å²) in [5, 5.41) is 28.5. The van der Waals surface area contributed by atoms with Crippen molar-refractivity contribution in [1.82, 2.24) is 15.0 Å². The molecule has 0 fully saturated rings. The lowest BCUT2D eigenvalue weighted by Crippen LogP contribution is -2.29. The Kier molecular flexibility index (Phi) is 6.60. The minimum atomic E-state index is -1.39. The van der Waals surface area contributed by atoms with Gasteiger partial charge in [0, 0.05) is 12.6 Å². The number of rotatable bonds is 8. The number of carbonyl (C=O) groups is 1. The Morgan fingerprint density at radius 1 is 1.06 bits per heavy atom. The number of hydrogen-bond donors (Lipinski definition) is 2. The van der Waals surface area contributed by atoms with Crippen LogP contribution in [-0.2, 0) is 11.3 Å². The molecule has 4 rings (SSSR count). The molecule has 8 nitrogen and oxygen atoms in total. The van der Waals surface area contributed by atoms with E-state index in [1.165, 1.54) is 24.3 Å². The number of aromatic nitrogens is 3. The van der Waals surface area contributed by atoms with Gasteiger partial charge in [-0.2, -0.15) is 0 Å². The van der Waals surface area contributed by atoms with Gasteiger partial charge in [-0.25, -0.2) is 13.5 Å². The van der Waals surface area contributed by atoms with Crippen LogP contribution in [-0.4, -0.2) is 31.2 Å². The van der Waals surface area contributed by atoms with Gasteiger partial charge in [-0.3, -0.25) is 9.59 Å². The fourth-order valence-corrected chi connectivity index (χ4v) is 3.50. The molecule has 0 aliphatic heterocycles. The number of aliphatic hydroxyl groups is 1. The zero-order valence-corrected chi connectivity index (χ0v) is 17.6. The first-order chi connectivity index (χ1) is 16.3. The summed E-state index contributed by atoms with van der Waals surface area (Å²) in [5.41, 5.74) is 0.316. The van der Waals surface area contributed by atoms with Gasteiger partial charge >= 0.3 is 5.97 Å². The Morgan fingerprint density at radius 3 is 2.50 bits per heavy atom. The van der Waals surface area contributed by atoms with E-state index in [0.29, 0.717) is 17.0 Å².